The molecular formula is C22H31N7O5. The molecule has 1 unspecified atom stereocenters. The Morgan fingerprint density at radius 2 is 2.03 bits per heavy atom. The number of ether oxygens (including phenoxy) is 1. The summed E-state index contributed by atoms with van der Waals surface area (Å²) in [7, 11) is 0. The van der Waals surface area contributed by atoms with Gasteiger partial charge in [0.05, 0.1) is 24.9 Å². The molecule has 3 rings (SSSR count). The first-order valence-electron chi connectivity index (χ1n) is 11.3. The molecule has 5 N–H and O–H groups in total. The van der Waals surface area contributed by atoms with Crippen LogP contribution in [-0.2, 0) is 14.3 Å². The third-order valence-electron chi connectivity index (χ3n) is 5.67. The summed E-state index contributed by atoms with van der Waals surface area (Å²) >= 11 is 0. The zero-order valence-corrected chi connectivity index (χ0v) is 19.6. The number of hydrogen-bond donors (Lipinski definition) is 4. The maximum Gasteiger partial charge on any atom is 0.306 e. The highest BCUT2D eigenvalue weighted by Gasteiger charge is 2.28. The lowest BCUT2D eigenvalue weighted by atomic mass is 9.97. The van der Waals surface area contributed by atoms with Crippen LogP contribution >= 0.6 is 0 Å². The number of nitrogens with two attached hydrogens (primary N) is 1. The summed E-state index contributed by atoms with van der Waals surface area (Å²) in [5.41, 5.74) is 6.83. The summed E-state index contributed by atoms with van der Waals surface area (Å²) < 4.78 is 7.42. The van der Waals surface area contributed by atoms with E-state index in [4.69, 9.17) is 15.6 Å². The summed E-state index contributed by atoms with van der Waals surface area (Å²) in [6.07, 6.45) is -0.0824. The average Bonchev–Trinajstić information content (AvgIpc) is 3.22. The minimum Gasteiger partial charge on any atom is -0.481 e. The number of carboxylic acids is 1. The van der Waals surface area contributed by atoms with Crippen molar-refractivity contribution >= 4 is 28.9 Å². The van der Waals surface area contributed by atoms with Gasteiger partial charge in [-0.05, 0) is 52.6 Å². The molecule has 3 atom stereocenters. The largest absolute Gasteiger partial charge is 0.481 e. The summed E-state index contributed by atoms with van der Waals surface area (Å²) in [5, 5.41) is 21.7. The predicted molar refractivity (Wildman–Crippen MR) is 123 cm³/mol. The Hall–Kier alpha value is -3.27. The number of piperidine rings is 1. The van der Waals surface area contributed by atoms with Crippen LogP contribution in [0, 0.1) is 17.8 Å². The van der Waals surface area contributed by atoms with Crippen LogP contribution in [0.2, 0.25) is 0 Å². The Kier molecular flexibility index (Phi) is 8.38. The molecule has 184 valence electrons. The molecule has 2 aromatic rings. The van der Waals surface area contributed by atoms with E-state index in [-0.39, 0.29) is 17.6 Å². The van der Waals surface area contributed by atoms with Gasteiger partial charge in [0.1, 0.15) is 11.7 Å². The van der Waals surface area contributed by atoms with Crippen molar-refractivity contribution < 1.29 is 24.5 Å². The summed E-state index contributed by atoms with van der Waals surface area (Å²) in [6.45, 7) is 7.20. The Morgan fingerprint density at radius 3 is 2.65 bits per heavy atom. The molecule has 34 heavy (non-hydrogen) atoms. The Bertz CT molecular complexity index is 1080. The van der Waals surface area contributed by atoms with Gasteiger partial charge in [0.2, 0.25) is 5.82 Å². The summed E-state index contributed by atoms with van der Waals surface area (Å²) in [5.74, 6) is 4.87. The SMILES string of the molecule is CCNC(=O)[C@@H](O[C@H](C)n1cnc2c(N)nc(C#CCN3CCC(C(=O)O)CC3)nc21)C(C)O. The molecule has 0 bridgehead atoms. The van der Waals surface area contributed by atoms with Crippen molar-refractivity contribution in [2.75, 3.05) is 31.9 Å². The van der Waals surface area contributed by atoms with E-state index in [9.17, 15) is 14.7 Å². The fourth-order valence-electron chi connectivity index (χ4n) is 3.78. The fraction of sp³-hybridized carbons (Fsp3) is 0.591. The van der Waals surface area contributed by atoms with E-state index < -0.39 is 30.3 Å². The predicted octanol–water partition coefficient (Wildman–Crippen LogP) is -0.0228. The van der Waals surface area contributed by atoms with E-state index >= 15 is 0 Å². The zero-order chi connectivity index (χ0) is 24.8. The van der Waals surface area contributed by atoms with E-state index in [1.54, 1.807) is 18.4 Å². The average molecular weight is 474 g/mol. The van der Waals surface area contributed by atoms with Gasteiger partial charge in [-0.2, -0.15) is 0 Å². The first-order chi connectivity index (χ1) is 16.2. The molecule has 0 spiro atoms. The molecule has 1 fully saturated rings. The van der Waals surface area contributed by atoms with Crippen molar-refractivity contribution in [3.63, 3.8) is 0 Å². The number of imidazole rings is 1. The molecule has 0 saturated carbocycles. The van der Waals surface area contributed by atoms with Gasteiger partial charge in [0, 0.05) is 6.54 Å². The number of nitrogens with zero attached hydrogens (tertiary/aromatic N) is 5. The van der Waals surface area contributed by atoms with E-state index in [0.29, 0.717) is 50.2 Å². The third kappa shape index (κ3) is 5.99. The number of carbonyl (C=O) groups is 2. The number of anilines is 1. The molecule has 0 aliphatic carbocycles. The Balaban J connectivity index is 1.74. The van der Waals surface area contributed by atoms with Crippen LogP contribution in [0.25, 0.3) is 11.2 Å². The number of aliphatic hydroxyl groups is 1. The van der Waals surface area contributed by atoms with Crippen LogP contribution in [0.5, 0.6) is 0 Å². The van der Waals surface area contributed by atoms with E-state index in [2.05, 4.69) is 37.0 Å². The zero-order valence-electron chi connectivity index (χ0n) is 19.6. The van der Waals surface area contributed by atoms with Gasteiger partial charge in [-0.3, -0.25) is 19.1 Å². The number of aromatic nitrogens is 4. The van der Waals surface area contributed by atoms with Crippen molar-refractivity contribution in [3.05, 3.63) is 12.2 Å². The monoisotopic (exact) mass is 473 g/mol. The summed E-state index contributed by atoms with van der Waals surface area (Å²) in [6, 6.07) is 0. The highest BCUT2D eigenvalue weighted by Crippen LogP contribution is 2.22. The van der Waals surface area contributed by atoms with Crippen molar-refractivity contribution in [2.24, 2.45) is 5.92 Å². The van der Waals surface area contributed by atoms with Crippen LogP contribution in [0.4, 0.5) is 5.82 Å². The first-order valence-corrected chi connectivity index (χ1v) is 11.3. The molecule has 12 heteroatoms. The molecular weight excluding hydrogens is 442 g/mol. The van der Waals surface area contributed by atoms with E-state index in [1.165, 1.54) is 13.3 Å². The second-order valence-electron chi connectivity index (χ2n) is 8.24. The number of carbonyl (C=O) groups excluding carboxylic acids is 1. The molecule has 1 saturated heterocycles. The second kappa shape index (κ2) is 11.2. The van der Waals surface area contributed by atoms with Gasteiger partial charge in [0.15, 0.2) is 17.6 Å². The highest BCUT2D eigenvalue weighted by molar-refractivity contribution is 5.82. The summed E-state index contributed by atoms with van der Waals surface area (Å²) in [4.78, 5) is 38.3. The lowest BCUT2D eigenvalue weighted by molar-refractivity contribution is -0.150. The molecule has 1 aliphatic rings. The standard InChI is InChI=1S/C22H31N7O5/c1-4-24-21(31)18(13(2)30)34-14(3)29-12-25-17-19(23)26-16(27-20(17)29)6-5-9-28-10-7-15(8-11-28)22(32)33/h12-15,18,30H,4,7-11H2,1-3H3,(H,24,31)(H,32,33)(H2,23,26,27)/t13?,14-,18+/m1/s1. The normalized spacial score (nSPS) is 17.5. The first kappa shape index (κ1) is 25.4. The second-order valence-corrected chi connectivity index (χ2v) is 8.24. The maximum atomic E-state index is 12.2. The number of amides is 1. The van der Waals surface area contributed by atoms with Gasteiger partial charge >= 0.3 is 5.97 Å². The number of nitrogens with one attached hydrogen (secondary N) is 1. The van der Waals surface area contributed by atoms with Crippen molar-refractivity contribution in [3.8, 4) is 11.8 Å². The van der Waals surface area contributed by atoms with Crippen LogP contribution in [-0.4, -0.2) is 84.9 Å². The van der Waals surface area contributed by atoms with E-state index in [0.717, 1.165) is 0 Å². The van der Waals surface area contributed by atoms with Gasteiger partial charge < -0.3 is 26.0 Å². The van der Waals surface area contributed by atoms with Gasteiger partial charge in [-0.15, -0.1) is 0 Å². The van der Waals surface area contributed by atoms with Crippen LogP contribution in [0.15, 0.2) is 6.33 Å². The highest BCUT2D eigenvalue weighted by atomic mass is 16.5. The minimum atomic E-state index is -1.07. The molecule has 0 aromatic carbocycles. The molecule has 0 radical (unpaired) electrons. The number of fused-ring (bicyclic) bond motifs is 1. The fourth-order valence-corrected chi connectivity index (χ4v) is 3.78. The van der Waals surface area contributed by atoms with Crippen LogP contribution in [0.1, 0.15) is 45.7 Å². The van der Waals surface area contributed by atoms with Crippen LogP contribution < -0.4 is 11.1 Å². The number of likely N-dealkylation sites (N-methyl/N-ethyl adjacent to an activating group) is 1. The quantitative estimate of drug-likeness (QED) is 0.382. The van der Waals surface area contributed by atoms with E-state index in [1.807, 2.05) is 0 Å². The number of hydrogen-bond acceptors (Lipinski definition) is 9. The minimum absolute atomic E-state index is 0.165. The van der Waals surface area contributed by atoms with Crippen molar-refractivity contribution in [1.82, 2.24) is 29.7 Å². The van der Waals surface area contributed by atoms with Gasteiger partial charge in [-0.1, -0.05) is 5.92 Å². The molecule has 3 heterocycles. The lowest BCUT2D eigenvalue weighted by Crippen LogP contribution is -2.43. The van der Waals surface area contributed by atoms with Gasteiger partial charge in [-0.25, -0.2) is 15.0 Å². The molecule has 1 amide bonds. The number of carboxylic acid groups (broad SMARTS) is 1. The van der Waals surface area contributed by atoms with Gasteiger partial charge in [0.25, 0.3) is 5.91 Å². The molecule has 2 aromatic heterocycles. The number of aliphatic hydroxyl groups excluding tert-OH is 1. The van der Waals surface area contributed by atoms with Crippen LogP contribution in [0.3, 0.4) is 0 Å². The number of nitrogen functional groups attached to an aromatic ring is 1. The molecule has 12 nitrogen and oxygen atoms in total. The Labute approximate surface area is 197 Å². The smallest absolute Gasteiger partial charge is 0.306 e. The lowest BCUT2D eigenvalue weighted by Gasteiger charge is -2.28. The third-order valence-corrected chi connectivity index (χ3v) is 5.67. The molecule has 1 aliphatic heterocycles. The van der Waals surface area contributed by atoms with Crippen molar-refractivity contribution in [1.29, 1.82) is 0 Å². The number of rotatable bonds is 8. The van der Waals surface area contributed by atoms with Crippen molar-refractivity contribution in [2.45, 2.75) is 52.0 Å². The number of likely N-dealkylation sites (tertiary alicyclic amines) is 1. The Morgan fingerprint density at radius 1 is 1.32 bits per heavy atom. The topological polar surface area (TPSA) is 169 Å². The maximum absolute atomic E-state index is 12.2. The number of aliphatic carboxylic acids is 1.